The van der Waals surface area contributed by atoms with Crippen molar-refractivity contribution < 1.29 is 13.5 Å². The lowest BCUT2D eigenvalue weighted by Gasteiger charge is -2.42. The summed E-state index contributed by atoms with van der Waals surface area (Å²) in [5.41, 5.74) is 0. The Labute approximate surface area is 134 Å². The highest BCUT2D eigenvalue weighted by Gasteiger charge is 2.44. The molecule has 22 heavy (non-hydrogen) atoms. The van der Waals surface area contributed by atoms with Crippen LogP contribution in [0.5, 0.6) is 0 Å². The van der Waals surface area contributed by atoms with Crippen molar-refractivity contribution >= 4 is 0 Å². The van der Waals surface area contributed by atoms with E-state index < -0.39 is 18.4 Å². The van der Waals surface area contributed by atoms with Crippen LogP contribution in [0.1, 0.15) is 70.6 Å². The van der Waals surface area contributed by atoms with Gasteiger partial charge in [0.2, 0.25) is 0 Å². The molecule has 0 heterocycles. The average Bonchev–Trinajstić information content (AvgIpc) is 2.58. The van der Waals surface area contributed by atoms with Crippen LogP contribution in [0.2, 0.25) is 0 Å². The lowest BCUT2D eigenvalue weighted by molar-refractivity contribution is -0.0728. The van der Waals surface area contributed by atoms with Crippen molar-refractivity contribution in [2.24, 2.45) is 23.7 Å². The molecule has 3 aliphatic carbocycles. The van der Waals surface area contributed by atoms with Crippen LogP contribution < -0.4 is 0 Å². The van der Waals surface area contributed by atoms with E-state index in [1.165, 1.54) is 52.1 Å². The normalized spacial score (nSPS) is 44.9. The van der Waals surface area contributed by atoms with Gasteiger partial charge in [-0.1, -0.05) is 32.1 Å². The number of rotatable bonds is 3. The molecule has 1 nitrogen and oxygen atoms in total. The van der Waals surface area contributed by atoms with Crippen molar-refractivity contribution in [1.29, 1.82) is 0 Å². The zero-order valence-electron chi connectivity index (χ0n) is 14.0. The van der Waals surface area contributed by atoms with Gasteiger partial charge in [0.05, 0.1) is 6.10 Å². The third kappa shape index (κ3) is 3.49. The summed E-state index contributed by atoms with van der Waals surface area (Å²) in [7, 11) is 1.50. The molecule has 0 bridgehead atoms. The zero-order valence-corrected chi connectivity index (χ0v) is 14.0. The summed E-state index contributed by atoms with van der Waals surface area (Å²) in [6, 6.07) is 0. The van der Waals surface area contributed by atoms with Gasteiger partial charge in [-0.05, 0) is 62.2 Å². The Bertz CT molecular complexity index is 334. The smallest absolute Gasteiger partial charge is 0.157 e. The number of hydrogen-bond acceptors (Lipinski definition) is 1. The molecule has 0 radical (unpaired) electrons. The van der Waals surface area contributed by atoms with E-state index in [4.69, 9.17) is 4.74 Å². The minimum absolute atomic E-state index is 0.0614. The third-order valence-electron chi connectivity index (χ3n) is 6.89. The van der Waals surface area contributed by atoms with E-state index in [0.717, 1.165) is 31.1 Å². The second-order valence-corrected chi connectivity index (χ2v) is 7.98. The van der Waals surface area contributed by atoms with Crippen molar-refractivity contribution in [3.8, 4) is 0 Å². The molecule has 0 aliphatic heterocycles. The highest BCUT2D eigenvalue weighted by molar-refractivity contribution is 4.93. The first-order chi connectivity index (χ1) is 10.7. The van der Waals surface area contributed by atoms with Crippen LogP contribution in [-0.2, 0) is 4.74 Å². The summed E-state index contributed by atoms with van der Waals surface area (Å²) in [5, 5.41) is 0. The first kappa shape index (κ1) is 16.7. The van der Waals surface area contributed by atoms with Crippen molar-refractivity contribution in [3.63, 3.8) is 0 Å². The molecular weight excluding hydrogens is 282 g/mol. The van der Waals surface area contributed by atoms with Gasteiger partial charge in [0, 0.05) is 7.11 Å². The van der Waals surface area contributed by atoms with Gasteiger partial charge in [0.25, 0.3) is 0 Å². The Kier molecular flexibility index (Phi) is 5.75. The van der Waals surface area contributed by atoms with Gasteiger partial charge in [-0.25, -0.2) is 8.78 Å². The second kappa shape index (κ2) is 7.59. The van der Waals surface area contributed by atoms with Crippen LogP contribution in [-0.4, -0.2) is 25.6 Å². The van der Waals surface area contributed by atoms with E-state index in [0.29, 0.717) is 12.3 Å². The maximum atomic E-state index is 14.5. The maximum Gasteiger partial charge on any atom is 0.157 e. The summed E-state index contributed by atoms with van der Waals surface area (Å²) >= 11 is 0. The molecule has 0 spiro atoms. The van der Waals surface area contributed by atoms with Gasteiger partial charge in [0.1, 0.15) is 6.17 Å². The van der Waals surface area contributed by atoms with Gasteiger partial charge in [0.15, 0.2) is 6.17 Å². The molecule has 4 atom stereocenters. The molecule has 0 aromatic heterocycles. The number of methoxy groups -OCH3 is 1. The van der Waals surface area contributed by atoms with Crippen LogP contribution in [0.3, 0.4) is 0 Å². The highest BCUT2D eigenvalue weighted by Crippen LogP contribution is 2.45. The molecule has 3 saturated carbocycles. The molecule has 128 valence electrons. The van der Waals surface area contributed by atoms with Gasteiger partial charge in [-0.2, -0.15) is 0 Å². The van der Waals surface area contributed by atoms with Crippen LogP contribution in [0, 0.1) is 23.7 Å². The fourth-order valence-electron chi connectivity index (χ4n) is 5.51. The van der Waals surface area contributed by atoms with Crippen molar-refractivity contribution in [3.05, 3.63) is 0 Å². The molecule has 3 fully saturated rings. The molecular formula is C19H32F2O. The van der Waals surface area contributed by atoms with E-state index >= 15 is 0 Å². The maximum absolute atomic E-state index is 14.5. The average molecular weight is 314 g/mol. The van der Waals surface area contributed by atoms with E-state index in [1.807, 2.05) is 0 Å². The summed E-state index contributed by atoms with van der Waals surface area (Å²) in [5.74, 6) is 2.14. The van der Waals surface area contributed by atoms with Crippen molar-refractivity contribution in [2.45, 2.75) is 89.1 Å². The summed E-state index contributed by atoms with van der Waals surface area (Å²) < 4.78 is 33.7. The lowest BCUT2D eigenvalue weighted by Crippen LogP contribution is -2.45. The largest absolute Gasteiger partial charge is 0.378 e. The van der Waals surface area contributed by atoms with Crippen molar-refractivity contribution in [2.75, 3.05) is 7.11 Å². The molecule has 3 aliphatic rings. The highest BCUT2D eigenvalue weighted by atomic mass is 19.2. The predicted molar refractivity (Wildman–Crippen MR) is 85.3 cm³/mol. The van der Waals surface area contributed by atoms with Crippen LogP contribution >= 0.6 is 0 Å². The third-order valence-corrected chi connectivity index (χ3v) is 6.89. The second-order valence-electron chi connectivity index (χ2n) is 7.98. The fourth-order valence-corrected chi connectivity index (χ4v) is 5.51. The van der Waals surface area contributed by atoms with Crippen LogP contribution in [0.4, 0.5) is 8.78 Å². The van der Waals surface area contributed by atoms with E-state index in [-0.39, 0.29) is 5.92 Å². The SMILES string of the molecule is COC1CCC(C2CCC(C3CCCCC3)CC2)C(F)C1F. The number of halogens is 2. The van der Waals surface area contributed by atoms with Crippen molar-refractivity contribution in [1.82, 2.24) is 0 Å². The van der Waals surface area contributed by atoms with E-state index in [9.17, 15) is 8.78 Å². The lowest BCUT2D eigenvalue weighted by atomic mass is 9.66. The minimum Gasteiger partial charge on any atom is -0.378 e. The Morgan fingerprint density at radius 3 is 1.86 bits per heavy atom. The zero-order chi connectivity index (χ0) is 15.5. The van der Waals surface area contributed by atoms with Crippen LogP contribution in [0.15, 0.2) is 0 Å². The minimum atomic E-state index is -1.42. The number of alkyl halides is 2. The molecule has 3 rings (SSSR count). The molecule has 0 saturated heterocycles. The predicted octanol–water partition coefficient (Wildman–Crippen LogP) is 5.47. The summed E-state index contributed by atoms with van der Waals surface area (Å²) in [4.78, 5) is 0. The topological polar surface area (TPSA) is 9.23 Å². The monoisotopic (exact) mass is 314 g/mol. The molecule has 0 amide bonds. The molecule has 3 heteroatoms. The van der Waals surface area contributed by atoms with E-state index in [2.05, 4.69) is 0 Å². The molecule has 0 N–H and O–H groups in total. The Hall–Kier alpha value is -0.180. The standard InChI is InChI=1S/C19H32F2O/c1-22-17-12-11-16(18(20)19(17)21)15-9-7-14(8-10-15)13-5-3-2-4-6-13/h13-19H,2-12H2,1H3. The van der Waals surface area contributed by atoms with Gasteiger partial charge in [-0.3, -0.25) is 0 Å². The first-order valence-electron chi connectivity index (χ1n) is 9.51. The Balaban J connectivity index is 1.50. The fraction of sp³-hybridized carbons (Fsp3) is 1.00. The summed E-state index contributed by atoms with van der Waals surface area (Å²) in [6.07, 6.45) is 10.0. The summed E-state index contributed by atoms with van der Waals surface area (Å²) in [6.45, 7) is 0. The molecule has 4 unspecified atom stereocenters. The number of ether oxygens (including phenoxy) is 1. The molecule has 0 aromatic rings. The Morgan fingerprint density at radius 2 is 1.23 bits per heavy atom. The van der Waals surface area contributed by atoms with Gasteiger partial charge < -0.3 is 4.74 Å². The number of hydrogen-bond donors (Lipinski definition) is 0. The quantitative estimate of drug-likeness (QED) is 0.671. The van der Waals surface area contributed by atoms with E-state index in [1.54, 1.807) is 0 Å². The molecule has 0 aromatic carbocycles. The first-order valence-corrected chi connectivity index (χ1v) is 9.51. The van der Waals surface area contributed by atoms with Crippen LogP contribution in [0.25, 0.3) is 0 Å². The Morgan fingerprint density at radius 1 is 0.636 bits per heavy atom. The van der Waals surface area contributed by atoms with Gasteiger partial charge >= 0.3 is 0 Å². The van der Waals surface area contributed by atoms with Gasteiger partial charge in [-0.15, -0.1) is 0 Å².